The summed E-state index contributed by atoms with van der Waals surface area (Å²) in [5, 5.41) is 0. The molecule has 0 unspecified atom stereocenters. The van der Waals surface area contributed by atoms with Crippen LogP contribution >= 0.6 is 0 Å². The number of benzene rings is 1. The van der Waals surface area contributed by atoms with Crippen LogP contribution < -0.4 is 15.2 Å². The number of esters is 2. The molecule has 11 nitrogen and oxygen atoms in total. The minimum Gasteiger partial charge on any atom is -0.468 e. The molecule has 0 bridgehead atoms. The summed E-state index contributed by atoms with van der Waals surface area (Å²) >= 11 is 0. The average Bonchev–Trinajstić information content (AvgIpc) is 2.87. The Balaban J connectivity index is 3.05. The number of carbonyl (C=O) groups is 4. The van der Waals surface area contributed by atoms with Crippen LogP contribution in [0.5, 0.6) is 11.5 Å². The molecule has 0 aliphatic heterocycles. The number of rotatable bonds is 16. The second kappa shape index (κ2) is 17.2. The van der Waals surface area contributed by atoms with Gasteiger partial charge in [-0.05, 0) is 37.0 Å². The summed E-state index contributed by atoms with van der Waals surface area (Å²) in [6.07, 6.45) is 2.09. The molecule has 11 heteroatoms. The Kier molecular flexibility index (Phi) is 14.7. The molecule has 1 rings (SSSR count). The van der Waals surface area contributed by atoms with Crippen molar-refractivity contribution in [2.45, 2.75) is 77.7 Å². The molecule has 0 aliphatic rings. The second-order valence-corrected chi connectivity index (χ2v) is 8.43. The van der Waals surface area contributed by atoms with Gasteiger partial charge in [0.05, 0.1) is 26.9 Å². The van der Waals surface area contributed by atoms with Gasteiger partial charge in [0.25, 0.3) is 0 Å². The van der Waals surface area contributed by atoms with Crippen LogP contribution in [0.25, 0.3) is 0 Å². The number of nitrogens with two attached hydrogens (primary N) is 1. The zero-order chi connectivity index (χ0) is 27.7. The molecule has 0 spiro atoms. The Hall–Kier alpha value is -3.34. The lowest BCUT2D eigenvalue weighted by Gasteiger charge is -2.26. The molecular formula is C26H39NO10. The van der Waals surface area contributed by atoms with Crippen LogP contribution in [0.4, 0.5) is 9.59 Å². The van der Waals surface area contributed by atoms with E-state index in [-0.39, 0.29) is 50.1 Å². The van der Waals surface area contributed by atoms with Gasteiger partial charge in [-0.1, -0.05) is 39.7 Å². The molecule has 0 saturated heterocycles. The van der Waals surface area contributed by atoms with Crippen LogP contribution in [-0.2, 0) is 35.0 Å². The van der Waals surface area contributed by atoms with Gasteiger partial charge in [0.15, 0.2) is 11.5 Å². The molecule has 1 atom stereocenters. The van der Waals surface area contributed by atoms with Crippen molar-refractivity contribution in [1.29, 1.82) is 0 Å². The van der Waals surface area contributed by atoms with E-state index in [1.165, 1.54) is 19.2 Å². The highest BCUT2D eigenvalue weighted by molar-refractivity contribution is 5.81. The van der Waals surface area contributed by atoms with Crippen molar-refractivity contribution < 1.29 is 47.6 Å². The smallest absolute Gasteiger partial charge is 0.468 e. The lowest BCUT2D eigenvalue weighted by atomic mass is 9.88. The van der Waals surface area contributed by atoms with Gasteiger partial charge in [0, 0.05) is 19.3 Å². The van der Waals surface area contributed by atoms with Crippen molar-refractivity contribution in [3.05, 3.63) is 23.8 Å². The van der Waals surface area contributed by atoms with Gasteiger partial charge in [-0.15, -0.1) is 0 Å². The SMILES string of the molecule is CCCCCC(=O)OCC[C@@](N)(Cc1ccc(OC(=O)OCCC)c(OC(=O)OCCC)c1)C(=O)OC. The molecule has 0 aromatic heterocycles. The largest absolute Gasteiger partial charge is 0.513 e. The van der Waals surface area contributed by atoms with Gasteiger partial charge in [0.2, 0.25) is 0 Å². The van der Waals surface area contributed by atoms with Gasteiger partial charge < -0.3 is 34.2 Å². The quantitative estimate of drug-likeness (QED) is 0.141. The summed E-state index contributed by atoms with van der Waals surface area (Å²) in [6.45, 7) is 5.90. The molecule has 1 aromatic rings. The molecule has 0 saturated carbocycles. The summed E-state index contributed by atoms with van der Waals surface area (Å²) in [5.41, 5.74) is 5.31. The van der Waals surface area contributed by atoms with Crippen LogP contribution in [0.1, 0.15) is 71.3 Å². The highest BCUT2D eigenvalue weighted by Crippen LogP contribution is 2.31. The summed E-state index contributed by atoms with van der Waals surface area (Å²) in [5.74, 6) is -1.28. The van der Waals surface area contributed by atoms with Gasteiger partial charge in [-0.3, -0.25) is 9.59 Å². The number of carbonyl (C=O) groups excluding carboxylic acids is 4. The van der Waals surface area contributed by atoms with Gasteiger partial charge >= 0.3 is 24.2 Å². The second-order valence-electron chi connectivity index (χ2n) is 8.43. The molecule has 0 amide bonds. The zero-order valence-electron chi connectivity index (χ0n) is 22.2. The summed E-state index contributed by atoms with van der Waals surface area (Å²) < 4.78 is 30.4. The first kappa shape index (κ1) is 31.7. The number of hydrogen-bond donors (Lipinski definition) is 1. The molecular weight excluding hydrogens is 486 g/mol. The Bertz CT molecular complexity index is 888. The van der Waals surface area contributed by atoms with E-state index in [4.69, 9.17) is 34.2 Å². The molecule has 2 N–H and O–H groups in total. The lowest BCUT2D eigenvalue weighted by molar-refractivity contribution is -0.151. The molecule has 0 fully saturated rings. The van der Waals surface area contributed by atoms with Gasteiger partial charge in [-0.25, -0.2) is 9.59 Å². The summed E-state index contributed by atoms with van der Waals surface area (Å²) in [6, 6.07) is 4.33. The van der Waals surface area contributed by atoms with E-state index in [9.17, 15) is 19.2 Å². The van der Waals surface area contributed by atoms with Gasteiger partial charge in [-0.2, -0.15) is 0 Å². The molecule has 0 radical (unpaired) electrons. The van der Waals surface area contributed by atoms with Crippen LogP contribution in [0.3, 0.4) is 0 Å². The van der Waals surface area contributed by atoms with E-state index < -0.39 is 23.8 Å². The third kappa shape index (κ3) is 12.0. The average molecular weight is 526 g/mol. The Morgan fingerprint density at radius 3 is 2.00 bits per heavy atom. The first-order valence-corrected chi connectivity index (χ1v) is 12.5. The van der Waals surface area contributed by atoms with E-state index >= 15 is 0 Å². The number of methoxy groups -OCH3 is 1. The van der Waals surface area contributed by atoms with E-state index in [2.05, 4.69) is 0 Å². The maximum Gasteiger partial charge on any atom is 0.513 e. The van der Waals surface area contributed by atoms with E-state index in [0.717, 1.165) is 19.3 Å². The van der Waals surface area contributed by atoms with Crippen LogP contribution in [0.15, 0.2) is 18.2 Å². The minimum atomic E-state index is -1.54. The molecule has 208 valence electrons. The maximum atomic E-state index is 12.5. The fourth-order valence-corrected chi connectivity index (χ4v) is 3.20. The number of ether oxygens (including phenoxy) is 6. The van der Waals surface area contributed by atoms with Crippen molar-refractivity contribution >= 4 is 24.2 Å². The fraction of sp³-hybridized carbons (Fsp3) is 0.615. The first-order valence-electron chi connectivity index (χ1n) is 12.5. The Labute approximate surface area is 217 Å². The molecule has 1 aromatic carbocycles. The zero-order valence-corrected chi connectivity index (χ0v) is 22.2. The topological polar surface area (TPSA) is 150 Å². The van der Waals surface area contributed by atoms with Gasteiger partial charge in [0.1, 0.15) is 5.54 Å². The van der Waals surface area contributed by atoms with Crippen molar-refractivity contribution in [2.24, 2.45) is 5.73 Å². The monoisotopic (exact) mass is 525 g/mol. The van der Waals surface area contributed by atoms with Crippen molar-refractivity contribution in [1.82, 2.24) is 0 Å². The maximum absolute atomic E-state index is 12.5. The van der Waals surface area contributed by atoms with E-state index in [0.29, 0.717) is 24.8 Å². The molecule has 37 heavy (non-hydrogen) atoms. The summed E-state index contributed by atoms with van der Waals surface area (Å²) in [4.78, 5) is 48.5. The minimum absolute atomic E-state index is 0.00445. The predicted octanol–water partition coefficient (Wildman–Crippen LogP) is 4.46. The Morgan fingerprint density at radius 2 is 1.43 bits per heavy atom. The first-order chi connectivity index (χ1) is 17.7. The Morgan fingerprint density at radius 1 is 0.811 bits per heavy atom. The van der Waals surface area contributed by atoms with Crippen LogP contribution in [0.2, 0.25) is 0 Å². The number of hydrogen-bond acceptors (Lipinski definition) is 11. The van der Waals surface area contributed by atoms with E-state index in [1.807, 2.05) is 20.8 Å². The standard InChI is InChI=1S/C26H39NO10/c1-5-8-9-10-22(28)33-16-13-26(27,23(29)32-4)18-19-11-12-20(36-24(30)34-14-6-2)21(17-19)37-25(31)35-15-7-3/h11-12,17H,5-10,13-16,18,27H2,1-4H3/t26-/m1/s1. The lowest BCUT2D eigenvalue weighted by Crippen LogP contribution is -2.51. The third-order valence-electron chi connectivity index (χ3n) is 5.15. The third-order valence-corrected chi connectivity index (χ3v) is 5.15. The van der Waals surface area contributed by atoms with Crippen molar-refractivity contribution in [2.75, 3.05) is 26.9 Å². The van der Waals surface area contributed by atoms with Crippen molar-refractivity contribution in [3.63, 3.8) is 0 Å². The summed E-state index contributed by atoms with van der Waals surface area (Å²) in [7, 11) is 1.21. The van der Waals surface area contributed by atoms with E-state index in [1.54, 1.807) is 6.07 Å². The van der Waals surface area contributed by atoms with Crippen LogP contribution in [0, 0.1) is 0 Å². The highest BCUT2D eigenvalue weighted by atomic mass is 16.7. The van der Waals surface area contributed by atoms with Crippen molar-refractivity contribution in [3.8, 4) is 11.5 Å². The predicted molar refractivity (Wildman–Crippen MR) is 133 cm³/mol. The fourth-order valence-electron chi connectivity index (χ4n) is 3.20. The van der Waals surface area contributed by atoms with Crippen LogP contribution in [-0.4, -0.2) is 56.7 Å². The molecule has 0 heterocycles. The number of unbranched alkanes of at least 4 members (excludes halogenated alkanes) is 2. The normalized spacial score (nSPS) is 12.1. The molecule has 0 aliphatic carbocycles. The highest BCUT2D eigenvalue weighted by Gasteiger charge is 2.36.